The van der Waals surface area contributed by atoms with Crippen LogP contribution in [0.15, 0.2) is 12.2 Å². The Morgan fingerprint density at radius 1 is 1.38 bits per heavy atom. The second kappa shape index (κ2) is 3.08. The monoisotopic (exact) mass is 181 g/mol. The first-order valence-corrected chi connectivity index (χ1v) is 5.13. The van der Waals surface area contributed by atoms with Crippen LogP contribution in [-0.2, 0) is 9.57 Å². The summed E-state index contributed by atoms with van der Waals surface area (Å²) in [5.74, 6) is 0.578. The molecular weight excluding hydrogens is 166 g/mol. The van der Waals surface area contributed by atoms with Crippen molar-refractivity contribution < 1.29 is 9.57 Å². The summed E-state index contributed by atoms with van der Waals surface area (Å²) >= 11 is 0. The van der Waals surface area contributed by atoms with Gasteiger partial charge in [-0.15, -0.1) is 0 Å². The Bertz CT molecular complexity index is 229. The summed E-state index contributed by atoms with van der Waals surface area (Å²) < 4.78 is 5.48. The number of ether oxygens (including phenoxy) is 1. The van der Waals surface area contributed by atoms with Gasteiger partial charge in [-0.25, -0.2) is 0 Å². The third-order valence-electron chi connectivity index (χ3n) is 3.24. The number of hydrogen-bond acceptors (Lipinski definition) is 3. The number of allylic oxidation sites excluding steroid dienone is 1. The highest BCUT2D eigenvalue weighted by Gasteiger charge is 2.43. The van der Waals surface area contributed by atoms with Crippen molar-refractivity contribution in [2.24, 2.45) is 5.92 Å². The zero-order chi connectivity index (χ0) is 8.67. The van der Waals surface area contributed by atoms with E-state index in [4.69, 9.17) is 9.57 Å². The highest BCUT2D eigenvalue weighted by atomic mass is 16.7. The summed E-state index contributed by atoms with van der Waals surface area (Å²) in [6, 6.07) is 0.482. The average Bonchev–Trinajstić information content (AvgIpc) is 2.56. The predicted octanol–water partition coefficient (Wildman–Crippen LogP) is 0.967. The molecule has 0 N–H and O–H groups in total. The fraction of sp³-hybridized carbons (Fsp3) is 0.800. The first-order chi connectivity index (χ1) is 6.45. The van der Waals surface area contributed by atoms with Gasteiger partial charge in [-0.05, 0) is 12.8 Å². The summed E-state index contributed by atoms with van der Waals surface area (Å²) in [6.45, 7) is 2.59. The molecular formula is C10H15NO2. The molecule has 3 rings (SSSR count). The van der Waals surface area contributed by atoms with Crippen LogP contribution in [0.5, 0.6) is 0 Å². The van der Waals surface area contributed by atoms with Crippen LogP contribution < -0.4 is 0 Å². The van der Waals surface area contributed by atoms with Crippen LogP contribution in [-0.4, -0.2) is 37.0 Å². The Kier molecular flexibility index (Phi) is 1.89. The molecule has 0 aromatic carbocycles. The third-order valence-corrected chi connectivity index (χ3v) is 3.24. The minimum Gasteiger partial charge on any atom is -0.378 e. The number of nitrogens with zero attached hydrogens (tertiary/aromatic N) is 1. The SMILES string of the molecule is C1=CC2C(CC1)ON1CCOCC21. The lowest BCUT2D eigenvalue weighted by molar-refractivity contribution is -0.196. The zero-order valence-corrected chi connectivity index (χ0v) is 7.69. The zero-order valence-electron chi connectivity index (χ0n) is 7.69. The molecule has 0 saturated carbocycles. The quantitative estimate of drug-likeness (QED) is 0.520. The van der Waals surface area contributed by atoms with Gasteiger partial charge in [0.1, 0.15) is 0 Å². The summed E-state index contributed by atoms with van der Waals surface area (Å²) in [4.78, 5) is 5.87. The molecule has 13 heavy (non-hydrogen) atoms. The number of hydroxylamine groups is 2. The van der Waals surface area contributed by atoms with Gasteiger partial charge in [-0.2, -0.15) is 5.06 Å². The van der Waals surface area contributed by atoms with Crippen LogP contribution in [0.4, 0.5) is 0 Å². The maximum Gasteiger partial charge on any atom is 0.0875 e. The Labute approximate surface area is 78.3 Å². The van der Waals surface area contributed by atoms with Gasteiger partial charge >= 0.3 is 0 Å². The Morgan fingerprint density at radius 2 is 2.38 bits per heavy atom. The van der Waals surface area contributed by atoms with Crippen molar-refractivity contribution in [2.75, 3.05) is 19.8 Å². The second-order valence-electron chi connectivity index (χ2n) is 4.01. The molecule has 3 aliphatic rings. The molecule has 0 radical (unpaired) electrons. The van der Waals surface area contributed by atoms with Crippen molar-refractivity contribution in [3.05, 3.63) is 12.2 Å². The number of morpholine rings is 1. The summed E-state index contributed by atoms with van der Waals surface area (Å²) in [6.07, 6.45) is 7.36. The lowest BCUT2D eigenvalue weighted by atomic mass is 9.88. The standard InChI is InChI=1S/C10H15NO2/c1-2-4-10-8(3-1)9-7-12-6-5-11(9)13-10/h1,3,8-10H,2,4-7H2. The van der Waals surface area contributed by atoms with Gasteiger partial charge in [0.05, 0.1) is 25.4 Å². The first kappa shape index (κ1) is 7.97. The Balaban J connectivity index is 1.82. The van der Waals surface area contributed by atoms with Crippen molar-refractivity contribution in [1.29, 1.82) is 0 Å². The maximum absolute atomic E-state index is 5.87. The van der Waals surface area contributed by atoms with Gasteiger partial charge in [-0.1, -0.05) is 12.2 Å². The van der Waals surface area contributed by atoms with Crippen LogP contribution >= 0.6 is 0 Å². The fourth-order valence-corrected chi connectivity index (χ4v) is 2.54. The number of fused-ring (bicyclic) bond motifs is 3. The molecule has 2 aliphatic heterocycles. The van der Waals surface area contributed by atoms with Gasteiger partial charge in [0.15, 0.2) is 0 Å². The molecule has 1 aliphatic carbocycles. The molecule has 3 nitrogen and oxygen atoms in total. The van der Waals surface area contributed by atoms with E-state index in [9.17, 15) is 0 Å². The minimum absolute atomic E-state index is 0.427. The first-order valence-electron chi connectivity index (χ1n) is 5.13. The minimum atomic E-state index is 0.427. The fourth-order valence-electron chi connectivity index (χ4n) is 2.54. The van der Waals surface area contributed by atoms with Gasteiger partial charge in [0, 0.05) is 12.5 Å². The molecule has 3 unspecified atom stereocenters. The van der Waals surface area contributed by atoms with E-state index in [2.05, 4.69) is 17.2 Å². The second-order valence-corrected chi connectivity index (χ2v) is 4.01. The van der Waals surface area contributed by atoms with Crippen molar-refractivity contribution in [1.82, 2.24) is 5.06 Å². The van der Waals surface area contributed by atoms with Crippen LogP contribution in [0.2, 0.25) is 0 Å². The van der Waals surface area contributed by atoms with Crippen LogP contribution in [0.3, 0.4) is 0 Å². The normalized spacial score (nSPS) is 44.5. The molecule has 0 aromatic heterocycles. The number of rotatable bonds is 0. The Morgan fingerprint density at radius 3 is 3.38 bits per heavy atom. The molecule has 2 saturated heterocycles. The summed E-state index contributed by atoms with van der Waals surface area (Å²) in [7, 11) is 0. The van der Waals surface area contributed by atoms with Crippen molar-refractivity contribution in [3.8, 4) is 0 Å². The van der Waals surface area contributed by atoms with E-state index in [-0.39, 0.29) is 0 Å². The lowest BCUT2D eigenvalue weighted by Crippen LogP contribution is -2.42. The highest BCUT2D eigenvalue weighted by molar-refractivity contribution is 5.05. The molecule has 3 atom stereocenters. The van der Waals surface area contributed by atoms with E-state index in [0.717, 1.165) is 19.8 Å². The summed E-state index contributed by atoms with van der Waals surface area (Å²) in [5, 5.41) is 2.13. The Hall–Kier alpha value is -0.380. The van der Waals surface area contributed by atoms with Crippen molar-refractivity contribution in [3.63, 3.8) is 0 Å². The molecule has 0 amide bonds. The molecule has 3 heteroatoms. The van der Waals surface area contributed by atoms with E-state index < -0.39 is 0 Å². The largest absolute Gasteiger partial charge is 0.378 e. The van der Waals surface area contributed by atoms with Gasteiger partial charge < -0.3 is 4.74 Å². The molecule has 2 heterocycles. The number of hydrogen-bond donors (Lipinski definition) is 0. The molecule has 0 bridgehead atoms. The molecule has 72 valence electrons. The van der Waals surface area contributed by atoms with Crippen LogP contribution in [0.25, 0.3) is 0 Å². The van der Waals surface area contributed by atoms with Crippen LogP contribution in [0, 0.1) is 5.92 Å². The van der Waals surface area contributed by atoms with Gasteiger partial charge in [0.25, 0.3) is 0 Å². The lowest BCUT2D eigenvalue weighted by Gasteiger charge is -2.29. The van der Waals surface area contributed by atoms with Gasteiger partial charge in [-0.3, -0.25) is 4.84 Å². The van der Waals surface area contributed by atoms with Crippen molar-refractivity contribution in [2.45, 2.75) is 25.0 Å². The summed E-state index contributed by atoms with van der Waals surface area (Å²) in [5.41, 5.74) is 0. The van der Waals surface area contributed by atoms with E-state index in [0.29, 0.717) is 18.1 Å². The van der Waals surface area contributed by atoms with Crippen molar-refractivity contribution >= 4 is 0 Å². The maximum atomic E-state index is 5.87. The highest BCUT2D eigenvalue weighted by Crippen LogP contribution is 2.35. The average molecular weight is 181 g/mol. The third kappa shape index (κ3) is 1.23. The van der Waals surface area contributed by atoms with Crippen LogP contribution in [0.1, 0.15) is 12.8 Å². The van der Waals surface area contributed by atoms with Gasteiger partial charge in [0.2, 0.25) is 0 Å². The molecule has 0 aromatic rings. The van der Waals surface area contributed by atoms with E-state index in [1.807, 2.05) is 0 Å². The topological polar surface area (TPSA) is 21.7 Å². The van der Waals surface area contributed by atoms with E-state index in [1.54, 1.807) is 0 Å². The molecule has 0 spiro atoms. The molecule has 2 fully saturated rings. The predicted molar refractivity (Wildman–Crippen MR) is 48.1 cm³/mol. The van der Waals surface area contributed by atoms with E-state index in [1.165, 1.54) is 12.8 Å². The van der Waals surface area contributed by atoms with E-state index >= 15 is 0 Å². The smallest absolute Gasteiger partial charge is 0.0875 e.